The van der Waals surface area contributed by atoms with Gasteiger partial charge in [0, 0.05) is 31.1 Å². The molecule has 0 spiro atoms. The van der Waals surface area contributed by atoms with Crippen molar-refractivity contribution in [3.63, 3.8) is 0 Å². The highest BCUT2D eigenvalue weighted by atomic mass is 16.5. The number of piperidine rings is 1. The van der Waals surface area contributed by atoms with Crippen molar-refractivity contribution < 1.29 is 19.1 Å². The van der Waals surface area contributed by atoms with E-state index in [2.05, 4.69) is 19.2 Å². The Morgan fingerprint density at radius 1 is 1.33 bits per heavy atom. The lowest BCUT2D eigenvalue weighted by atomic mass is 9.71. The van der Waals surface area contributed by atoms with Gasteiger partial charge < -0.3 is 15.0 Å². The lowest BCUT2D eigenvalue weighted by Crippen LogP contribution is -2.53. The van der Waals surface area contributed by atoms with E-state index in [0.717, 1.165) is 31.4 Å². The minimum atomic E-state index is -0.734. The first-order valence-electron chi connectivity index (χ1n) is 10.4. The standard InChI is InChI=1S/C21H32N2O4/c1-4-27-20(26)21-9-7-15-6-5-11-23(18(15)21)19(25)16(13-21)12-17(24)22-10-8-14(2)3/h14,16H,4-13H2,1-3H3,(H,22,24)/t16-,21-/m1/s1. The van der Waals surface area contributed by atoms with Crippen LogP contribution in [-0.2, 0) is 19.1 Å². The highest BCUT2D eigenvalue weighted by molar-refractivity contribution is 5.93. The second kappa shape index (κ2) is 8.03. The molecule has 1 aliphatic carbocycles. The van der Waals surface area contributed by atoms with Crippen LogP contribution in [-0.4, -0.2) is 42.4 Å². The van der Waals surface area contributed by atoms with Crippen LogP contribution in [0.1, 0.15) is 65.7 Å². The first-order chi connectivity index (χ1) is 12.9. The summed E-state index contributed by atoms with van der Waals surface area (Å²) in [6.07, 6.45) is 4.91. The van der Waals surface area contributed by atoms with Gasteiger partial charge in [0.1, 0.15) is 5.41 Å². The van der Waals surface area contributed by atoms with Gasteiger partial charge in [-0.15, -0.1) is 0 Å². The van der Waals surface area contributed by atoms with Crippen molar-refractivity contribution in [3.05, 3.63) is 11.3 Å². The number of carbonyl (C=O) groups is 3. The number of hydrogen-bond acceptors (Lipinski definition) is 4. The summed E-state index contributed by atoms with van der Waals surface area (Å²) in [6, 6.07) is 0. The average molecular weight is 376 g/mol. The lowest BCUT2D eigenvalue weighted by molar-refractivity contribution is -0.161. The zero-order chi connectivity index (χ0) is 19.6. The first-order valence-corrected chi connectivity index (χ1v) is 10.4. The fourth-order valence-electron chi connectivity index (χ4n) is 4.85. The summed E-state index contributed by atoms with van der Waals surface area (Å²) in [4.78, 5) is 40.2. The molecule has 6 nitrogen and oxygen atoms in total. The third-order valence-corrected chi connectivity index (χ3v) is 6.12. The highest BCUT2D eigenvalue weighted by Crippen LogP contribution is 2.55. The van der Waals surface area contributed by atoms with Crippen molar-refractivity contribution in [1.29, 1.82) is 0 Å². The summed E-state index contributed by atoms with van der Waals surface area (Å²) in [6.45, 7) is 7.63. The lowest BCUT2D eigenvalue weighted by Gasteiger charge is -2.45. The summed E-state index contributed by atoms with van der Waals surface area (Å²) >= 11 is 0. The van der Waals surface area contributed by atoms with E-state index in [1.807, 2.05) is 6.92 Å². The van der Waals surface area contributed by atoms with E-state index in [1.165, 1.54) is 5.57 Å². The Balaban J connectivity index is 1.79. The van der Waals surface area contributed by atoms with Crippen molar-refractivity contribution in [2.24, 2.45) is 17.3 Å². The molecule has 3 rings (SSSR count). The molecule has 1 saturated heterocycles. The molecule has 2 aliphatic heterocycles. The molecule has 0 saturated carbocycles. The van der Waals surface area contributed by atoms with Crippen LogP contribution in [0, 0.1) is 17.3 Å². The number of nitrogens with zero attached hydrogens (tertiary/aromatic N) is 1. The van der Waals surface area contributed by atoms with Gasteiger partial charge in [0.05, 0.1) is 6.61 Å². The molecule has 0 aromatic heterocycles. The number of ether oxygens (including phenoxy) is 1. The maximum atomic E-state index is 13.1. The maximum Gasteiger partial charge on any atom is 0.318 e. The number of carbonyl (C=O) groups excluding carboxylic acids is 3. The molecule has 3 aliphatic rings. The van der Waals surface area contributed by atoms with E-state index in [1.54, 1.807) is 4.90 Å². The van der Waals surface area contributed by atoms with Gasteiger partial charge in [0.25, 0.3) is 0 Å². The minimum absolute atomic E-state index is 0.00281. The number of allylic oxidation sites excluding steroid dienone is 1. The van der Waals surface area contributed by atoms with Gasteiger partial charge in [0.15, 0.2) is 0 Å². The largest absolute Gasteiger partial charge is 0.465 e. The van der Waals surface area contributed by atoms with Gasteiger partial charge in [-0.25, -0.2) is 0 Å². The number of rotatable bonds is 7. The van der Waals surface area contributed by atoms with E-state index in [9.17, 15) is 14.4 Å². The Morgan fingerprint density at radius 2 is 2.11 bits per heavy atom. The third kappa shape index (κ3) is 3.76. The molecule has 0 aromatic carbocycles. The van der Waals surface area contributed by atoms with Crippen molar-refractivity contribution >= 4 is 17.8 Å². The zero-order valence-corrected chi connectivity index (χ0v) is 16.8. The van der Waals surface area contributed by atoms with Gasteiger partial charge in [-0.05, 0) is 56.9 Å². The summed E-state index contributed by atoms with van der Waals surface area (Å²) in [5.74, 6) is -0.250. The van der Waals surface area contributed by atoms with Crippen molar-refractivity contribution in [3.8, 4) is 0 Å². The molecule has 1 N–H and O–H groups in total. The molecule has 0 aromatic rings. The SMILES string of the molecule is CCOC(=O)[C@@]12CCC3=C1N(CCC3)C(=O)[C@H](CC(=O)NCCC(C)C)C2. The summed E-state index contributed by atoms with van der Waals surface area (Å²) < 4.78 is 5.42. The van der Waals surface area contributed by atoms with Crippen molar-refractivity contribution in [1.82, 2.24) is 10.2 Å². The number of nitrogens with one attached hydrogen (secondary N) is 1. The van der Waals surface area contributed by atoms with Crippen LogP contribution < -0.4 is 5.32 Å². The molecular weight excluding hydrogens is 344 g/mol. The fraction of sp³-hybridized carbons (Fsp3) is 0.762. The van der Waals surface area contributed by atoms with Crippen LogP contribution in [0.5, 0.6) is 0 Å². The van der Waals surface area contributed by atoms with E-state index in [0.29, 0.717) is 38.5 Å². The van der Waals surface area contributed by atoms with E-state index < -0.39 is 11.3 Å². The predicted octanol–water partition coefficient (Wildman–Crippen LogP) is 2.78. The highest BCUT2D eigenvalue weighted by Gasteiger charge is 2.57. The summed E-state index contributed by atoms with van der Waals surface area (Å²) in [5, 5.41) is 2.93. The molecule has 0 unspecified atom stereocenters. The zero-order valence-electron chi connectivity index (χ0n) is 16.8. The Kier molecular flexibility index (Phi) is 5.92. The van der Waals surface area contributed by atoms with Gasteiger partial charge >= 0.3 is 5.97 Å². The number of esters is 1. The normalized spacial score (nSPS) is 27.0. The molecule has 0 bridgehead atoms. The van der Waals surface area contributed by atoms with E-state index >= 15 is 0 Å². The number of hydrogen-bond donors (Lipinski definition) is 1. The topological polar surface area (TPSA) is 75.7 Å². The minimum Gasteiger partial charge on any atom is -0.465 e. The van der Waals surface area contributed by atoms with Gasteiger partial charge in [-0.2, -0.15) is 0 Å². The van der Waals surface area contributed by atoms with Crippen LogP contribution in [0.4, 0.5) is 0 Å². The summed E-state index contributed by atoms with van der Waals surface area (Å²) in [5.41, 5.74) is 1.42. The Bertz CT molecular complexity index is 655. The fourth-order valence-corrected chi connectivity index (χ4v) is 4.85. The van der Waals surface area contributed by atoms with E-state index in [-0.39, 0.29) is 24.2 Å². The van der Waals surface area contributed by atoms with Crippen molar-refractivity contribution in [2.45, 2.75) is 65.7 Å². The average Bonchev–Trinajstić information content (AvgIpc) is 3.00. The quantitative estimate of drug-likeness (QED) is 0.693. The third-order valence-electron chi connectivity index (χ3n) is 6.12. The molecule has 150 valence electrons. The molecule has 2 heterocycles. The van der Waals surface area contributed by atoms with Crippen LogP contribution in [0.2, 0.25) is 0 Å². The predicted molar refractivity (Wildman–Crippen MR) is 101 cm³/mol. The summed E-state index contributed by atoms with van der Waals surface area (Å²) in [7, 11) is 0. The Labute approximate surface area is 161 Å². The molecule has 2 amide bonds. The van der Waals surface area contributed by atoms with Crippen LogP contribution in [0.25, 0.3) is 0 Å². The van der Waals surface area contributed by atoms with E-state index in [4.69, 9.17) is 4.74 Å². The van der Waals surface area contributed by atoms with Crippen LogP contribution >= 0.6 is 0 Å². The molecule has 6 heteroatoms. The Morgan fingerprint density at radius 3 is 2.81 bits per heavy atom. The maximum absolute atomic E-state index is 13.1. The second-order valence-electron chi connectivity index (χ2n) is 8.49. The molecule has 0 radical (unpaired) electrons. The first kappa shape index (κ1) is 19.9. The van der Waals surface area contributed by atoms with Gasteiger partial charge in [-0.3, -0.25) is 14.4 Å². The van der Waals surface area contributed by atoms with Gasteiger partial charge in [0.2, 0.25) is 11.8 Å². The molecule has 2 atom stereocenters. The molecule has 1 fully saturated rings. The number of amides is 2. The second-order valence-corrected chi connectivity index (χ2v) is 8.49. The van der Waals surface area contributed by atoms with Crippen LogP contribution in [0.3, 0.4) is 0 Å². The molecular formula is C21H32N2O4. The molecule has 27 heavy (non-hydrogen) atoms. The van der Waals surface area contributed by atoms with Crippen molar-refractivity contribution in [2.75, 3.05) is 19.7 Å². The van der Waals surface area contributed by atoms with Crippen LogP contribution in [0.15, 0.2) is 11.3 Å². The Hall–Kier alpha value is -1.85. The monoisotopic (exact) mass is 376 g/mol. The van der Waals surface area contributed by atoms with Gasteiger partial charge in [-0.1, -0.05) is 13.8 Å². The smallest absolute Gasteiger partial charge is 0.318 e.